The topological polar surface area (TPSA) is 197 Å². The molecule has 0 fully saturated rings. The molecule has 0 aliphatic rings. The van der Waals surface area contributed by atoms with E-state index in [1.165, 1.54) is 7.11 Å². The molecule has 0 bridgehead atoms. The maximum absolute atomic E-state index is 13.3. The number of amides is 4. The Bertz CT molecular complexity index is 848. The number of nitrogens with one attached hydrogen (secondary N) is 2. The van der Waals surface area contributed by atoms with E-state index in [4.69, 9.17) is 21.9 Å². The number of nitrogens with two attached hydrogens (primary N) is 3. The molecule has 0 spiro atoms. The first-order valence-electron chi connectivity index (χ1n) is 11.6. The highest BCUT2D eigenvalue weighted by Crippen LogP contribution is 2.17. The predicted molar refractivity (Wildman–Crippen MR) is 130 cm³/mol. The van der Waals surface area contributed by atoms with Crippen molar-refractivity contribution in [3.8, 4) is 0 Å². The third-order valence-electron chi connectivity index (χ3n) is 5.43. The van der Waals surface area contributed by atoms with Gasteiger partial charge in [-0.05, 0) is 31.4 Å². The minimum atomic E-state index is -1.28. The van der Waals surface area contributed by atoms with Gasteiger partial charge in [-0.15, -0.1) is 0 Å². The number of hydrogen-bond acceptors (Lipinski definition) is 7. The third-order valence-corrected chi connectivity index (χ3v) is 5.43. The summed E-state index contributed by atoms with van der Waals surface area (Å²) in [5.41, 5.74) is 16.8. The zero-order valence-electron chi connectivity index (χ0n) is 20.2. The van der Waals surface area contributed by atoms with Crippen LogP contribution in [0.3, 0.4) is 0 Å². The summed E-state index contributed by atoms with van der Waals surface area (Å²) in [6.45, 7) is 0.622. The van der Waals surface area contributed by atoms with Gasteiger partial charge in [-0.25, -0.2) is 0 Å². The molecule has 1 rings (SSSR count). The normalized spacial score (nSPS) is 13.3. The van der Waals surface area contributed by atoms with Gasteiger partial charge in [0.05, 0.1) is 19.1 Å². The molecule has 4 amide bonds. The molecular weight excluding hydrogens is 454 g/mol. The summed E-state index contributed by atoms with van der Waals surface area (Å²) in [6.07, 6.45) is 1.25. The number of ether oxygens (including phenoxy) is 1. The van der Waals surface area contributed by atoms with Crippen molar-refractivity contribution in [2.45, 2.75) is 57.0 Å². The highest BCUT2D eigenvalue weighted by molar-refractivity contribution is 5.95. The second-order valence-corrected chi connectivity index (χ2v) is 8.34. The van der Waals surface area contributed by atoms with Crippen LogP contribution < -0.4 is 27.8 Å². The molecule has 0 saturated carbocycles. The molecule has 11 heteroatoms. The molecule has 0 aromatic heterocycles. The van der Waals surface area contributed by atoms with E-state index in [9.17, 15) is 24.0 Å². The van der Waals surface area contributed by atoms with Crippen LogP contribution in [0.2, 0.25) is 0 Å². The van der Waals surface area contributed by atoms with E-state index in [0.717, 1.165) is 5.56 Å². The predicted octanol–water partition coefficient (Wildman–Crippen LogP) is -0.700. The molecule has 0 aliphatic heterocycles. The van der Waals surface area contributed by atoms with Gasteiger partial charge in [0, 0.05) is 25.9 Å². The van der Waals surface area contributed by atoms with Crippen molar-refractivity contribution in [3.63, 3.8) is 0 Å². The van der Waals surface area contributed by atoms with Crippen LogP contribution in [-0.2, 0) is 35.1 Å². The number of unbranched alkanes of at least 4 members (excludes halogenated alkanes) is 1. The van der Waals surface area contributed by atoms with Gasteiger partial charge in [-0.1, -0.05) is 36.8 Å². The average Bonchev–Trinajstić information content (AvgIpc) is 2.81. The van der Waals surface area contributed by atoms with Crippen molar-refractivity contribution in [1.82, 2.24) is 10.6 Å². The highest BCUT2D eigenvalue weighted by Gasteiger charge is 2.30. The molecule has 0 saturated heterocycles. The van der Waals surface area contributed by atoms with Gasteiger partial charge in [0.2, 0.25) is 23.6 Å². The molecule has 1 aromatic carbocycles. The fourth-order valence-corrected chi connectivity index (χ4v) is 3.52. The average molecular weight is 492 g/mol. The lowest BCUT2D eigenvalue weighted by molar-refractivity contribution is -0.134. The standard InChI is InChI=1S/C24H37N5O6/c1-35-12-10-22(32)28-18(13-16-7-3-2-4-8-16)20(30)14-17(9-5-6-11-25)24(34)29-19(23(27)33)15-21(26)31/h2-4,7-8,17-19H,5-6,9-15,25H2,1H3,(H2,26,31)(H2,27,33)(H,28,32)(H,29,34)/t17-,18+,19+/m1/s1. The monoisotopic (exact) mass is 491 g/mol. The Labute approximate surface area is 205 Å². The Morgan fingerprint density at radius 1 is 0.943 bits per heavy atom. The summed E-state index contributed by atoms with van der Waals surface area (Å²) in [5, 5.41) is 5.18. The minimum Gasteiger partial charge on any atom is -0.384 e. The Kier molecular flexibility index (Phi) is 13.9. The maximum atomic E-state index is 13.3. The number of carbonyl (C=O) groups is 5. The van der Waals surface area contributed by atoms with Gasteiger partial charge in [0.1, 0.15) is 6.04 Å². The first-order chi connectivity index (χ1) is 16.7. The number of Topliss-reactive ketones (excluding diaryl/α,β-unsaturated/α-hetero) is 1. The number of hydrogen-bond donors (Lipinski definition) is 5. The minimum absolute atomic E-state index is 0.0862. The maximum Gasteiger partial charge on any atom is 0.240 e. The molecule has 0 radical (unpaired) electrons. The van der Waals surface area contributed by atoms with Crippen LogP contribution in [0.4, 0.5) is 0 Å². The van der Waals surface area contributed by atoms with Crippen molar-refractivity contribution in [2.24, 2.45) is 23.1 Å². The SMILES string of the molecule is COCCC(=O)N[C@@H](Cc1ccccc1)C(=O)C[C@@H](CCCCN)C(=O)N[C@@H](CC(N)=O)C(N)=O. The van der Waals surface area contributed by atoms with Gasteiger partial charge in [0.15, 0.2) is 5.78 Å². The van der Waals surface area contributed by atoms with Crippen LogP contribution in [0.5, 0.6) is 0 Å². The second-order valence-electron chi connectivity index (χ2n) is 8.34. The van der Waals surface area contributed by atoms with Crippen molar-refractivity contribution in [1.29, 1.82) is 0 Å². The van der Waals surface area contributed by atoms with E-state index in [-0.39, 0.29) is 37.6 Å². The van der Waals surface area contributed by atoms with E-state index in [1.54, 1.807) is 0 Å². The summed E-state index contributed by atoms with van der Waals surface area (Å²) in [6, 6.07) is 7.05. The quantitative estimate of drug-likeness (QED) is 0.167. The van der Waals surface area contributed by atoms with Crippen LogP contribution in [0, 0.1) is 5.92 Å². The number of rotatable bonds is 18. The summed E-state index contributed by atoms with van der Waals surface area (Å²) < 4.78 is 4.93. The van der Waals surface area contributed by atoms with Gasteiger partial charge in [0.25, 0.3) is 0 Å². The van der Waals surface area contributed by atoms with Crippen molar-refractivity contribution in [3.05, 3.63) is 35.9 Å². The van der Waals surface area contributed by atoms with E-state index in [2.05, 4.69) is 10.6 Å². The van der Waals surface area contributed by atoms with Gasteiger partial charge in [-0.3, -0.25) is 24.0 Å². The first kappa shape index (κ1) is 29.7. The van der Waals surface area contributed by atoms with Crippen LogP contribution in [0.15, 0.2) is 30.3 Å². The van der Waals surface area contributed by atoms with Crippen molar-refractivity contribution in [2.75, 3.05) is 20.3 Å². The lowest BCUT2D eigenvalue weighted by Crippen LogP contribution is -2.49. The lowest BCUT2D eigenvalue weighted by Gasteiger charge is -2.23. The van der Waals surface area contributed by atoms with Gasteiger partial charge < -0.3 is 32.6 Å². The van der Waals surface area contributed by atoms with Gasteiger partial charge >= 0.3 is 0 Å². The van der Waals surface area contributed by atoms with Crippen LogP contribution >= 0.6 is 0 Å². The molecule has 0 aliphatic carbocycles. The van der Waals surface area contributed by atoms with Crippen LogP contribution in [0.1, 0.15) is 44.1 Å². The Morgan fingerprint density at radius 3 is 2.20 bits per heavy atom. The van der Waals surface area contributed by atoms with Crippen LogP contribution in [0.25, 0.3) is 0 Å². The number of methoxy groups -OCH3 is 1. The molecule has 35 heavy (non-hydrogen) atoms. The van der Waals surface area contributed by atoms with Crippen molar-refractivity contribution < 1.29 is 28.7 Å². The summed E-state index contributed by atoms with van der Waals surface area (Å²) in [5.74, 6) is -3.79. The third kappa shape index (κ3) is 12.1. The van der Waals surface area contributed by atoms with Gasteiger partial charge in [-0.2, -0.15) is 0 Å². The summed E-state index contributed by atoms with van der Waals surface area (Å²) >= 11 is 0. The molecule has 0 heterocycles. The molecule has 11 nitrogen and oxygen atoms in total. The zero-order valence-corrected chi connectivity index (χ0v) is 20.2. The molecule has 194 valence electrons. The lowest BCUT2D eigenvalue weighted by atomic mass is 9.90. The van der Waals surface area contributed by atoms with Crippen LogP contribution in [-0.4, -0.2) is 61.8 Å². The number of carbonyl (C=O) groups excluding carboxylic acids is 5. The fourth-order valence-electron chi connectivity index (χ4n) is 3.52. The van der Waals surface area contributed by atoms with E-state index >= 15 is 0 Å². The first-order valence-corrected chi connectivity index (χ1v) is 11.6. The highest BCUT2D eigenvalue weighted by atomic mass is 16.5. The molecular formula is C24H37N5O6. The van der Waals surface area contributed by atoms with E-state index in [0.29, 0.717) is 25.8 Å². The zero-order chi connectivity index (χ0) is 26.2. The van der Waals surface area contributed by atoms with Crippen molar-refractivity contribution >= 4 is 29.4 Å². The Morgan fingerprint density at radius 2 is 1.63 bits per heavy atom. The molecule has 3 atom stereocenters. The second kappa shape index (κ2) is 16.3. The Hall–Kier alpha value is -3.31. The van der Waals surface area contributed by atoms with E-state index in [1.807, 2.05) is 30.3 Å². The number of primary amides is 2. The van der Waals surface area contributed by atoms with E-state index < -0.39 is 42.1 Å². The summed E-state index contributed by atoms with van der Waals surface area (Å²) in [7, 11) is 1.47. The largest absolute Gasteiger partial charge is 0.384 e. The molecule has 8 N–H and O–H groups in total. The fraction of sp³-hybridized carbons (Fsp3) is 0.542. The smallest absolute Gasteiger partial charge is 0.240 e. The molecule has 0 unspecified atom stereocenters. The number of benzene rings is 1. The Balaban J connectivity index is 3.03. The summed E-state index contributed by atoms with van der Waals surface area (Å²) in [4.78, 5) is 61.5. The molecule has 1 aromatic rings. The number of ketones is 1.